The molecule has 1 aromatic rings. The number of H-pyrrole nitrogens is 1. The molecular weight excluding hydrogens is 238 g/mol. The molecule has 0 aliphatic carbocycles. The number of hydrogen-bond donors (Lipinski definition) is 2. The Morgan fingerprint density at radius 1 is 1.53 bits per heavy atom. The van der Waals surface area contributed by atoms with Crippen LogP contribution >= 0.6 is 0 Å². The predicted octanol–water partition coefficient (Wildman–Crippen LogP) is 3.25. The summed E-state index contributed by atoms with van der Waals surface area (Å²) < 4.78 is 0. The molecule has 0 aliphatic heterocycles. The lowest BCUT2D eigenvalue weighted by atomic mass is 9.92. The Balaban J connectivity index is 2.70. The molecule has 0 aliphatic rings. The van der Waals surface area contributed by atoms with Crippen molar-refractivity contribution in [3.63, 3.8) is 0 Å². The molecule has 0 saturated carbocycles. The zero-order chi connectivity index (χ0) is 14.3. The van der Waals surface area contributed by atoms with E-state index < -0.39 is 6.03 Å². The van der Waals surface area contributed by atoms with E-state index in [1.807, 2.05) is 18.3 Å². The molecule has 0 aromatic carbocycles. The summed E-state index contributed by atoms with van der Waals surface area (Å²) in [5.41, 5.74) is 7.56. The van der Waals surface area contributed by atoms with Gasteiger partial charge in [0.25, 0.3) is 0 Å². The Morgan fingerprint density at radius 2 is 2.26 bits per heavy atom. The highest BCUT2D eigenvalue weighted by Crippen LogP contribution is 2.26. The minimum absolute atomic E-state index is 0.129. The average Bonchev–Trinajstić information content (AvgIpc) is 2.89. The Labute approximate surface area is 115 Å². The SMILES string of the molecule is C=C(CCCCC)C(CN(C)C(N)=O)c1ccc[nH]1. The van der Waals surface area contributed by atoms with Crippen molar-refractivity contribution in [2.75, 3.05) is 13.6 Å². The summed E-state index contributed by atoms with van der Waals surface area (Å²) in [7, 11) is 1.72. The Morgan fingerprint density at radius 3 is 2.79 bits per heavy atom. The molecule has 3 N–H and O–H groups in total. The maximum Gasteiger partial charge on any atom is 0.314 e. The Bertz CT molecular complexity index is 398. The van der Waals surface area contributed by atoms with Crippen molar-refractivity contribution in [3.05, 3.63) is 36.2 Å². The highest BCUT2D eigenvalue weighted by atomic mass is 16.2. The summed E-state index contributed by atoms with van der Waals surface area (Å²) in [6, 6.07) is 3.59. The van der Waals surface area contributed by atoms with Gasteiger partial charge in [0.05, 0.1) is 0 Å². The number of nitrogens with one attached hydrogen (secondary N) is 1. The molecule has 0 radical (unpaired) electrons. The van der Waals surface area contributed by atoms with Gasteiger partial charge < -0.3 is 15.6 Å². The smallest absolute Gasteiger partial charge is 0.314 e. The van der Waals surface area contributed by atoms with E-state index in [1.165, 1.54) is 17.7 Å². The summed E-state index contributed by atoms with van der Waals surface area (Å²) in [4.78, 5) is 15.9. The van der Waals surface area contributed by atoms with Crippen LogP contribution in [0.2, 0.25) is 0 Å². The van der Waals surface area contributed by atoms with E-state index >= 15 is 0 Å². The third-order valence-electron chi connectivity index (χ3n) is 3.42. The third-order valence-corrected chi connectivity index (χ3v) is 3.42. The normalized spacial score (nSPS) is 12.1. The molecule has 1 heterocycles. The van der Waals surface area contributed by atoms with Crippen molar-refractivity contribution >= 4 is 6.03 Å². The van der Waals surface area contributed by atoms with Crippen LogP contribution in [0.25, 0.3) is 0 Å². The number of urea groups is 1. The van der Waals surface area contributed by atoms with Crippen LogP contribution < -0.4 is 5.73 Å². The predicted molar refractivity (Wildman–Crippen MR) is 79.0 cm³/mol. The summed E-state index contributed by atoms with van der Waals surface area (Å²) in [6.07, 6.45) is 6.44. The maximum absolute atomic E-state index is 11.2. The van der Waals surface area contributed by atoms with Crippen LogP contribution in [0, 0.1) is 0 Å². The van der Waals surface area contributed by atoms with Gasteiger partial charge in [-0.3, -0.25) is 0 Å². The molecule has 19 heavy (non-hydrogen) atoms. The van der Waals surface area contributed by atoms with Gasteiger partial charge in [-0.1, -0.05) is 31.9 Å². The number of carbonyl (C=O) groups is 1. The van der Waals surface area contributed by atoms with Crippen LogP contribution in [0.3, 0.4) is 0 Å². The number of unbranched alkanes of at least 4 members (excludes halogenated alkanes) is 2. The fraction of sp³-hybridized carbons (Fsp3) is 0.533. The number of nitrogens with two attached hydrogens (primary N) is 1. The van der Waals surface area contributed by atoms with Crippen LogP contribution in [0.15, 0.2) is 30.5 Å². The molecule has 0 saturated heterocycles. The van der Waals surface area contributed by atoms with Crippen molar-refractivity contribution in [2.45, 2.75) is 38.5 Å². The number of likely N-dealkylation sites (N-methyl/N-ethyl adjacent to an activating group) is 1. The van der Waals surface area contributed by atoms with Crippen molar-refractivity contribution in [1.29, 1.82) is 0 Å². The van der Waals surface area contributed by atoms with Crippen LogP contribution in [0.1, 0.15) is 44.2 Å². The van der Waals surface area contributed by atoms with Gasteiger partial charge in [0.15, 0.2) is 0 Å². The molecule has 4 nitrogen and oxygen atoms in total. The number of hydrogen-bond acceptors (Lipinski definition) is 1. The van der Waals surface area contributed by atoms with Crippen molar-refractivity contribution in [1.82, 2.24) is 9.88 Å². The number of aromatic nitrogens is 1. The van der Waals surface area contributed by atoms with E-state index in [2.05, 4.69) is 18.5 Å². The molecule has 0 bridgehead atoms. The van der Waals surface area contributed by atoms with E-state index in [1.54, 1.807) is 7.05 Å². The largest absolute Gasteiger partial charge is 0.364 e. The van der Waals surface area contributed by atoms with E-state index in [0.29, 0.717) is 6.54 Å². The van der Waals surface area contributed by atoms with Gasteiger partial charge in [0, 0.05) is 31.4 Å². The van der Waals surface area contributed by atoms with Gasteiger partial charge >= 0.3 is 6.03 Å². The van der Waals surface area contributed by atoms with Crippen LogP contribution in [0.5, 0.6) is 0 Å². The lowest BCUT2D eigenvalue weighted by molar-refractivity contribution is 0.216. The second-order valence-electron chi connectivity index (χ2n) is 5.01. The first kappa shape index (κ1) is 15.3. The average molecular weight is 263 g/mol. The third kappa shape index (κ3) is 4.81. The van der Waals surface area contributed by atoms with E-state index in [4.69, 9.17) is 5.73 Å². The topological polar surface area (TPSA) is 62.1 Å². The van der Waals surface area contributed by atoms with Crippen LogP contribution in [-0.4, -0.2) is 29.5 Å². The van der Waals surface area contributed by atoms with Crippen molar-refractivity contribution in [2.24, 2.45) is 5.73 Å². The molecule has 1 aromatic heterocycles. The van der Waals surface area contributed by atoms with Gasteiger partial charge in [0.2, 0.25) is 0 Å². The minimum atomic E-state index is -0.405. The minimum Gasteiger partial charge on any atom is -0.364 e. The van der Waals surface area contributed by atoms with Crippen LogP contribution in [-0.2, 0) is 0 Å². The zero-order valence-electron chi connectivity index (χ0n) is 12.0. The van der Waals surface area contributed by atoms with E-state index in [-0.39, 0.29) is 5.92 Å². The van der Waals surface area contributed by atoms with E-state index in [9.17, 15) is 4.79 Å². The van der Waals surface area contributed by atoms with E-state index in [0.717, 1.165) is 24.1 Å². The number of primary amides is 1. The number of carbonyl (C=O) groups excluding carboxylic acids is 1. The lowest BCUT2D eigenvalue weighted by Crippen LogP contribution is -2.35. The molecular formula is C15H25N3O. The van der Waals surface area contributed by atoms with Gasteiger partial charge in [0.1, 0.15) is 0 Å². The molecule has 1 unspecified atom stereocenters. The number of amides is 2. The number of nitrogens with zero attached hydrogens (tertiary/aromatic N) is 1. The van der Waals surface area contributed by atoms with Gasteiger partial charge in [-0.2, -0.15) is 0 Å². The molecule has 4 heteroatoms. The maximum atomic E-state index is 11.2. The monoisotopic (exact) mass is 263 g/mol. The molecule has 2 amide bonds. The molecule has 0 fully saturated rings. The zero-order valence-corrected chi connectivity index (χ0v) is 12.0. The van der Waals surface area contributed by atoms with Crippen molar-refractivity contribution in [3.8, 4) is 0 Å². The quantitative estimate of drug-likeness (QED) is 0.549. The van der Waals surface area contributed by atoms with Crippen LogP contribution in [0.4, 0.5) is 4.79 Å². The summed E-state index contributed by atoms with van der Waals surface area (Å²) in [5.74, 6) is 0.129. The Kier molecular flexibility index (Phi) is 6.19. The fourth-order valence-electron chi connectivity index (χ4n) is 2.15. The molecule has 106 valence electrons. The van der Waals surface area contributed by atoms with Gasteiger partial charge in [-0.25, -0.2) is 4.79 Å². The first-order chi connectivity index (χ1) is 9.06. The van der Waals surface area contributed by atoms with Crippen molar-refractivity contribution < 1.29 is 4.79 Å². The number of rotatable bonds is 8. The molecule has 1 atom stereocenters. The second-order valence-corrected chi connectivity index (χ2v) is 5.01. The lowest BCUT2D eigenvalue weighted by Gasteiger charge is -2.24. The standard InChI is InChI=1S/C15H25N3O/c1-4-5-6-8-12(2)13(11-18(3)15(16)19)14-9-7-10-17-14/h7,9-10,13,17H,2,4-6,8,11H2,1,3H3,(H2,16,19). The summed E-state index contributed by atoms with van der Waals surface area (Å²) in [5, 5.41) is 0. The Hall–Kier alpha value is -1.71. The number of aromatic amines is 1. The summed E-state index contributed by atoms with van der Waals surface area (Å²) >= 11 is 0. The first-order valence-electron chi connectivity index (χ1n) is 6.87. The van der Waals surface area contributed by atoms with Gasteiger partial charge in [-0.15, -0.1) is 0 Å². The molecule has 0 spiro atoms. The first-order valence-corrected chi connectivity index (χ1v) is 6.87. The van der Waals surface area contributed by atoms with Gasteiger partial charge in [-0.05, 0) is 25.0 Å². The fourth-order valence-corrected chi connectivity index (χ4v) is 2.15. The second kappa shape index (κ2) is 7.67. The summed E-state index contributed by atoms with van der Waals surface area (Å²) in [6.45, 7) is 6.95. The molecule has 1 rings (SSSR count). The highest BCUT2D eigenvalue weighted by molar-refractivity contribution is 5.71. The highest BCUT2D eigenvalue weighted by Gasteiger charge is 2.19.